The lowest BCUT2D eigenvalue weighted by atomic mass is 9.91. The summed E-state index contributed by atoms with van der Waals surface area (Å²) in [5.41, 5.74) is 7.12. The Bertz CT molecular complexity index is 387. The zero-order valence-corrected chi connectivity index (χ0v) is 12.6. The van der Waals surface area contributed by atoms with Gasteiger partial charge in [0.25, 0.3) is 6.43 Å². The second kappa shape index (κ2) is 7.91. The van der Waals surface area contributed by atoms with Gasteiger partial charge >= 0.3 is 0 Å². The number of halogens is 3. The van der Waals surface area contributed by atoms with Crippen molar-refractivity contribution in [3.63, 3.8) is 0 Å². The molecule has 1 aliphatic rings. The molecule has 1 unspecified atom stereocenters. The molecule has 0 aliphatic carbocycles. The number of piperidine rings is 1. The van der Waals surface area contributed by atoms with E-state index in [0.29, 0.717) is 5.92 Å². The van der Waals surface area contributed by atoms with E-state index in [1.807, 2.05) is 0 Å². The number of likely N-dealkylation sites (tertiary alicyclic amines) is 1. The Balaban J connectivity index is 0.00000200. The predicted molar refractivity (Wildman–Crippen MR) is 80.3 cm³/mol. The highest BCUT2D eigenvalue weighted by Gasteiger charge is 2.21. The third-order valence-corrected chi connectivity index (χ3v) is 4.01. The highest BCUT2D eigenvalue weighted by Crippen LogP contribution is 2.22. The van der Waals surface area contributed by atoms with E-state index in [-0.39, 0.29) is 24.0 Å². The van der Waals surface area contributed by atoms with Crippen LogP contribution in [0.2, 0.25) is 0 Å². The minimum Gasteiger partial charge on any atom is -0.328 e. The number of hydrogen-bond donors (Lipinski definition) is 1. The maximum Gasteiger partial charge on any atom is 0.263 e. The van der Waals surface area contributed by atoms with Crippen LogP contribution in [0.4, 0.5) is 8.78 Å². The first-order valence-corrected chi connectivity index (χ1v) is 6.91. The Morgan fingerprint density at radius 2 is 1.75 bits per heavy atom. The lowest BCUT2D eigenvalue weighted by Gasteiger charge is -2.33. The molecule has 2 rings (SSSR count). The van der Waals surface area contributed by atoms with E-state index in [4.69, 9.17) is 5.73 Å². The Labute approximate surface area is 125 Å². The van der Waals surface area contributed by atoms with Crippen molar-refractivity contribution < 1.29 is 8.78 Å². The highest BCUT2D eigenvalue weighted by atomic mass is 35.5. The fourth-order valence-electron chi connectivity index (χ4n) is 2.66. The molecule has 0 radical (unpaired) electrons. The minimum absolute atomic E-state index is 0. The third kappa shape index (κ3) is 4.69. The SMILES string of the molecule is CC(N)C1CCN(Cc2ccc(C(F)F)cc2)CC1.Cl. The van der Waals surface area contributed by atoms with Crippen LogP contribution in [0.25, 0.3) is 0 Å². The molecular formula is C15H23ClF2N2. The molecule has 0 bridgehead atoms. The van der Waals surface area contributed by atoms with Gasteiger partial charge in [-0.05, 0) is 44.3 Å². The van der Waals surface area contributed by atoms with Crippen molar-refractivity contribution in [1.82, 2.24) is 4.90 Å². The molecule has 1 atom stereocenters. The van der Waals surface area contributed by atoms with Gasteiger partial charge in [-0.15, -0.1) is 12.4 Å². The van der Waals surface area contributed by atoms with Crippen LogP contribution in [0.3, 0.4) is 0 Å². The Morgan fingerprint density at radius 3 is 2.20 bits per heavy atom. The fraction of sp³-hybridized carbons (Fsp3) is 0.600. The molecule has 20 heavy (non-hydrogen) atoms. The van der Waals surface area contributed by atoms with Crippen LogP contribution in [-0.4, -0.2) is 24.0 Å². The Morgan fingerprint density at radius 1 is 1.20 bits per heavy atom. The fourth-order valence-corrected chi connectivity index (χ4v) is 2.66. The van der Waals surface area contributed by atoms with Crippen molar-refractivity contribution in [3.8, 4) is 0 Å². The van der Waals surface area contributed by atoms with Gasteiger partial charge < -0.3 is 5.73 Å². The monoisotopic (exact) mass is 304 g/mol. The maximum absolute atomic E-state index is 12.5. The molecule has 1 heterocycles. The maximum atomic E-state index is 12.5. The highest BCUT2D eigenvalue weighted by molar-refractivity contribution is 5.85. The van der Waals surface area contributed by atoms with Crippen molar-refractivity contribution in [2.75, 3.05) is 13.1 Å². The summed E-state index contributed by atoms with van der Waals surface area (Å²) >= 11 is 0. The van der Waals surface area contributed by atoms with E-state index in [0.717, 1.165) is 38.0 Å². The van der Waals surface area contributed by atoms with Gasteiger partial charge in [0.05, 0.1) is 0 Å². The average Bonchev–Trinajstić information content (AvgIpc) is 2.40. The van der Waals surface area contributed by atoms with Crippen LogP contribution < -0.4 is 5.73 Å². The summed E-state index contributed by atoms with van der Waals surface area (Å²) in [7, 11) is 0. The van der Waals surface area contributed by atoms with Crippen molar-refractivity contribution >= 4 is 12.4 Å². The summed E-state index contributed by atoms with van der Waals surface area (Å²) in [6.07, 6.45) is -0.115. The molecule has 2 nitrogen and oxygen atoms in total. The first kappa shape index (κ1) is 17.3. The number of alkyl halides is 2. The van der Waals surface area contributed by atoms with Gasteiger partial charge in [-0.2, -0.15) is 0 Å². The van der Waals surface area contributed by atoms with E-state index >= 15 is 0 Å². The Kier molecular flexibility index (Phi) is 6.86. The lowest BCUT2D eigenvalue weighted by Crippen LogP contribution is -2.39. The predicted octanol–water partition coefficient (Wildman–Crippen LogP) is 3.61. The van der Waals surface area contributed by atoms with Crippen molar-refractivity contribution in [3.05, 3.63) is 35.4 Å². The average molecular weight is 305 g/mol. The first-order chi connectivity index (χ1) is 9.06. The standard InChI is InChI=1S/C15H22F2N2.ClH/c1-11(18)13-6-8-19(9-7-13)10-12-2-4-14(5-3-12)15(16)17;/h2-5,11,13,15H,6-10,18H2,1H3;1H. The van der Waals surface area contributed by atoms with Gasteiger partial charge in [-0.25, -0.2) is 8.78 Å². The number of hydrogen-bond acceptors (Lipinski definition) is 2. The molecule has 1 aliphatic heterocycles. The van der Waals surface area contributed by atoms with E-state index in [2.05, 4.69) is 11.8 Å². The van der Waals surface area contributed by atoms with Gasteiger partial charge in [-0.1, -0.05) is 24.3 Å². The van der Waals surface area contributed by atoms with E-state index in [1.54, 1.807) is 12.1 Å². The molecule has 114 valence electrons. The number of rotatable bonds is 4. The molecule has 2 N–H and O–H groups in total. The topological polar surface area (TPSA) is 29.3 Å². The third-order valence-electron chi connectivity index (χ3n) is 4.01. The molecule has 1 fully saturated rings. The first-order valence-electron chi connectivity index (χ1n) is 6.91. The molecule has 0 spiro atoms. The van der Waals surface area contributed by atoms with Crippen molar-refractivity contribution in [2.24, 2.45) is 11.7 Å². The minimum atomic E-state index is -2.38. The summed E-state index contributed by atoms with van der Waals surface area (Å²) < 4.78 is 24.9. The summed E-state index contributed by atoms with van der Waals surface area (Å²) in [6.45, 7) is 5.00. The number of benzene rings is 1. The summed E-state index contributed by atoms with van der Waals surface area (Å²) in [5.74, 6) is 0.623. The quantitative estimate of drug-likeness (QED) is 0.921. The van der Waals surface area contributed by atoms with E-state index in [9.17, 15) is 8.78 Å². The van der Waals surface area contributed by atoms with E-state index < -0.39 is 6.43 Å². The van der Waals surface area contributed by atoms with Crippen molar-refractivity contribution in [1.29, 1.82) is 0 Å². The zero-order valence-electron chi connectivity index (χ0n) is 11.8. The molecule has 1 aromatic rings. The Hall–Kier alpha value is -0.710. The smallest absolute Gasteiger partial charge is 0.263 e. The van der Waals surface area contributed by atoms with Crippen LogP contribution in [0.5, 0.6) is 0 Å². The largest absolute Gasteiger partial charge is 0.328 e. The molecule has 1 aromatic carbocycles. The van der Waals surface area contributed by atoms with Crippen LogP contribution >= 0.6 is 12.4 Å². The zero-order chi connectivity index (χ0) is 13.8. The van der Waals surface area contributed by atoms with Gasteiger partial charge in [0.15, 0.2) is 0 Å². The normalized spacial score (nSPS) is 18.9. The van der Waals surface area contributed by atoms with Crippen LogP contribution in [-0.2, 0) is 6.54 Å². The summed E-state index contributed by atoms with van der Waals surface area (Å²) in [4.78, 5) is 2.37. The molecule has 1 saturated heterocycles. The second-order valence-electron chi connectivity index (χ2n) is 5.51. The summed E-state index contributed by atoms with van der Waals surface area (Å²) in [5, 5.41) is 0. The van der Waals surface area contributed by atoms with Gasteiger partial charge in [0.2, 0.25) is 0 Å². The molecule has 0 saturated carbocycles. The number of nitrogens with zero attached hydrogens (tertiary/aromatic N) is 1. The van der Waals surface area contributed by atoms with E-state index in [1.165, 1.54) is 12.1 Å². The molecule has 0 amide bonds. The van der Waals surface area contributed by atoms with Crippen LogP contribution in [0.15, 0.2) is 24.3 Å². The van der Waals surface area contributed by atoms with Gasteiger partial charge in [0, 0.05) is 18.2 Å². The molecular weight excluding hydrogens is 282 g/mol. The second-order valence-corrected chi connectivity index (χ2v) is 5.51. The van der Waals surface area contributed by atoms with Crippen LogP contribution in [0.1, 0.15) is 37.3 Å². The van der Waals surface area contributed by atoms with Gasteiger partial charge in [0.1, 0.15) is 0 Å². The lowest BCUT2D eigenvalue weighted by molar-refractivity contribution is 0.151. The molecule has 5 heteroatoms. The van der Waals surface area contributed by atoms with Gasteiger partial charge in [-0.3, -0.25) is 4.90 Å². The molecule has 0 aromatic heterocycles. The van der Waals surface area contributed by atoms with Crippen LogP contribution in [0, 0.1) is 5.92 Å². The number of nitrogens with two attached hydrogens (primary N) is 1. The van der Waals surface area contributed by atoms with Crippen molar-refractivity contribution in [2.45, 2.75) is 38.8 Å². The summed E-state index contributed by atoms with van der Waals surface area (Å²) in [6, 6.07) is 6.93.